The highest BCUT2D eigenvalue weighted by Gasteiger charge is 2.19. The predicted octanol–water partition coefficient (Wildman–Crippen LogP) is 3.41. The van der Waals surface area contributed by atoms with Gasteiger partial charge in [0.1, 0.15) is 11.6 Å². The van der Waals surface area contributed by atoms with Crippen LogP contribution in [0.3, 0.4) is 0 Å². The summed E-state index contributed by atoms with van der Waals surface area (Å²) in [6.07, 6.45) is 0. The number of nitrogens with zero attached hydrogens (tertiary/aromatic N) is 4. The molecule has 0 atom stereocenters. The van der Waals surface area contributed by atoms with Gasteiger partial charge < -0.3 is 9.84 Å². The number of azo groups is 1. The number of methoxy groups -OCH3 is 1. The van der Waals surface area contributed by atoms with Crippen LogP contribution in [0.1, 0.15) is 22.3 Å². The van der Waals surface area contributed by atoms with Crippen LogP contribution in [-0.2, 0) is 11.3 Å². The Morgan fingerprint density at radius 3 is 2.64 bits per heavy atom. The maximum absolute atomic E-state index is 12.6. The predicted molar refractivity (Wildman–Crippen MR) is 93.8 cm³/mol. The second kappa shape index (κ2) is 7.73. The number of hydrogen-bond donors (Lipinski definition) is 1. The molecule has 2 rings (SSSR count). The third-order valence-electron chi connectivity index (χ3n) is 3.91. The van der Waals surface area contributed by atoms with Crippen LogP contribution in [-0.4, -0.2) is 23.4 Å². The molecule has 1 aromatic carbocycles. The van der Waals surface area contributed by atoms with Crippen molar-refractivity contribution < 1.29 is 9.84 Å². The zero-order chi connectivity index (χ0) is 18.6. The summed E-state index contributed by atoms with van der Waals surface area (Å²) < 4.78 is 6.03. The molecule has 2 aromatic rings. The van der Waals surface area contributed by atoms with Gasteiger partial charge in [0.25, 0.3) is 5.56 Å². The summed E-state index contributed by atoms with van der Waals surface area (Å²) in [7, 11) is 1.49. The smallest absolute Gasteiger partial charge is 0.281 e. The Labute approximate surface area is 145 Å². The number of aromatic hydroxyl groups is 1. The highest BCUT2D eigenvalue weighted by Crippen LogP contribution is 2.28. The van der Waals surface area contributed by atoms with E-state index in [-0.39, 0.29) is 30.3 Å². The summed E-state index contributed by atoms with van der Waals surface area (Å²) >= 11 is 0. The summed E-state index contributed by atoms with van der Waals surface area (Å²) in [5.41, 5.74) is 2.42. The first-order chi connectivity index (χ1) is 11.9. The van der Waals surface area contributed by atoms with Gasteiger partial charge in [-0.1, -0.05) is 12.1 Å². The Bertz CT molecular complexity index is 923. The molecule has 0 spiro atoms. The molecule has 0 aliphatic rings. The largest absolute Gasteiger partial charge is 0.493 e. The van der Waals surface area contributed by atoms with Gasteiger partial charge in [0, 0.05) is 12.7 Å². The summed E-state index contributed by atoms with van der Waals surface area (Å²) in [6.45, 7) is 5.74. The summed E-state index contributed by atoms with van der Waals surface area (Å²) in [5, 5.41) is 27.7. The van der Waals surface area contributed by atoms with Gasteiger partial charge in [0.15, 0.2) is 5.69 Å². The standard InChI is InChI=1S/C18H20N4O3/c1-11-5-6-12(2)15(9-11)20-21-16-13(3)14(10-19)17(23)22(18(16)24)7-8-25-4/h5-6,9,23H,7-8H2,1-4H3. The molecule has 1 aromatic heterocycles. The lowest BCUT2D eigenvalue weighted by Gasteiger charge is -2.12. The van der Waals surface area contributed by atoms with Gasteiger partial charge in [-0.15, -0.1) is 5.11 Å². The first-order valence-electron chi connectivity index (χ1n) is 7.75. The molecule has 0 radical (unpaired) electrons. The number of nitriles is 1. The molecule has 25 heavy (non-hydrogen) atoms. The van der Waals surface area contributed by atoms with E-state index in [0.717, 1.165) is 15.7 Å². The molecule has 1 N–H and O–H groups in total. The first kappa shape index (κ1) is 18.4. The minimum absolute atomic E-state index is 0.00520. The van der Waals surface area contributed by atoms with Crippen LogP contribution in [0.4, 0.5) is 11.4 Å². The van der Waals surface area contributed by atoms with E-state index in [4.69, 9.17) is 4.74 Å². The lowest BCUT2D eigenvalue weighted by Crippen LogP contribution is -2.23. The lowest BCUT2D eigenvalue weighted by molar-refractivity contribution is 0.182. The van der Waals surface area contributed by atoms with E-state index in [1.807, 2.05) is 38.1 Å². The normalized spacial score (nSPS) is 11.0. The Morgan fingerprint density at radius 2 is 2.00 bits per heavy atom. The third-order valence-corrected chi connectivity index (χ3v) is 3.91. The summed E-state index contributed by atoms with van der Waals surface area (Å²) in [4.78, 5) is 12.6. The number of pyridine rings is 1. The zero-order valence-electron chi connectivity index (χ0n) is 14.7. The molecule has 0 amide bonds. The molecular formula is C18H20N4O3. The monoisotopic (exact) mass is 340 g/mol. The molecule has 0 saturated carbocycles. The molecular weight excluding hydrogens is 320 g/mol. The topological polar surface area (TPSA) is 100.0 Å². The van der Waals surface area contributed by atoms with E-state index in [1.165, 1.54) is 7.11 Å². The van der Waals surface area contributed by atoms with Crippen molar-refractivity contribution in [3.05, 3.63) is 50.8 Å². The second-order valence-electron chi connectivity index (χ2n) is 5.72. The van der Waals surface area contributed by atoms with Crippen LogP contribution in [0, 0.1) is 32.1 Å². The lowest BCUT2D eigenvalue weighted by atomic mass is 10.1. The molecule has 0 unspecified atom stereocenters. The molecule has 7 heteroatoms. The minimum Gasteiger partial charge on any atom is -0.493 e. The van der Waals surface area contributed by atoms with E-state index in [9.17, 15) is 15.2 Å². The number of aryl methyl sites for hydroxylation is 2. The van der Waals surface area contributed by atoms with Crippen LogP contribution in [0.5, 0.6) is 5.88 Å². The van der Waals surface area contributed by atoms with Gasteiger partial charge in [-0.2, -0.15) is 10.4 Å². The van der Waals surface area contributed by atoms with Crippen LogP contribution in [0.2, 0.25) is 0 Å². The second-order valence-corrected chi connectivity index (χ2v) is 5.72. The van der Waals surface area contributed by atoms with Gasteiger partial charge >= 0.3 is 0 Å². The fourth-order valence-corrected chi connectivity index (χ4v) is 2.38. The Hall–Kier alpha value is -2.98. The van der Waals surface area contributed by atoms with Crippen molar-refractivity contribution in [3.63, 3.8) is 0 Å². The average molecular weight is 340 g/mol. The molecule has 0 saturated heterocycles. The fourth-order valence-electron chi connectivity index (χ4n) is 2.38. The molecule has 1 heterocycles. The minimum atomic E-state index is -0.514. The van der Waals surface area contributed by atoms with Crippen LogP contribution in [0.25, 0.3) is 0 Å². The SMILES string of the molecule is COCCn1c(O)c(C#N)c(C)c(N=Nc2cc(C)ccc2C)c1=O. The number of hydrogen-bond acceptors (Lipinski definition) is 6. The molecule has 7 nitrogen and oxygen atoms in total. The van der Waals surface area contributed by atoms with E-state index in [1.54, 1.807) is 6.92 Å². The molecule has 0 bridgehead atoms. The van der Waals surface area contributed by atoms with Gasteiger partial charge in [-0.3, -0.25) is 9.36 Å². The Kier molecular flexibility index (Phi) is 5.67. The van der Waals surface area contributed by atoms with Crippen molar-refractivity contribution in [2.45, 2.75) is 27.3 Å². The number of benzene rings is 1. The van der Waals surface area contributed by atoms with E-state index in [2.05, 4.69) is 10.2 Å². The van der Waals surface area contributed by atoms with Crippen molar-refractivity contribution in [2.75, 3.05) is 13.7 Å². The van der Waals surface area contributed by atoms with Gasteiger partial charge in [-0.05, 0) is 38.0 Å². The number of aromatic nitrogens is 1. The molecule has 0 aliphatic carbocycles. The maximum Gasteiger partial charge on any atom is 0.281 e. The van der Waals surface area contributed by atoms with Crippen molar-refractivity contribution in [1.29, 1.82) is 5.26 Å². The van der Waals surface area contributed by atoms with Crippen LogP contribution >= 0.6 is 0 Å². The Balaban J connectivity index is 2.61. The molecule has 0 fully saturated rings. The molecule has 0 aliphatic heterocycles. The summed E-state index contributed by atoms with van der Waals surface area (Å²) in [5.74, 6) is -0.382. The van der Waals surface area contributed by atoms with Crippen molar-refractivity contribution in [2.24, 2.45) is 10.2 Å². The molecule has 130 valence electrons. The van der Waals surface area contributed by atoms with Gasteiger partial charge in [0.05, 0.1) is 18.8 Å². The number of rotatable bonds is 5. The quantitative estimate of drug-likeness (QED) is 0.843. The summed E-state index contributed by atoms with van der Waals surface area (Å²) in [6, 6.07) is 7.66. The van der Waals surface area contributed by atoms with Gasteiger partial charge in [-0.25, -0.2) is 0 Å². The van der Waals surface area contributed by atoms with Crippen LogP contribution in [0.15, 0.2) is 33.2 Å². The first-order valence-corrected chi connectivity index (χ1v) is 7.75. The van der Waals surface area contributed by atoms with Gasteiger partial charge in [0.2, 0.25) is 5.88 Å². The maximum atomic E-state index is 12.6. The van der Waals surface area contributed by atoms with E-state index < -0.39 is 5.56 Å². The highest BCUT2D eigenvalue weighted by atomic mass is 16.5. The van der Waals surface area contributed by atoms with Crippen molar-refractivity contribution >= 4 is 11.4 Å². The van der Waals surface area contributed by atoms with E-state index >= 15 is 0 Å². The number of ether oxygens (including phenoxy) is 1. The van der Waals surface area contributed by atoms with E-state index in [0.29, 0.717) is 11.3 Å². The average Bonchev–Trinajstić information content (AvgIpc) is 2.58. The zero-order valence-corrected chi connectivity index (χ0v) is 14.7. The van der Waals surface area contributed by atoms with Crippen molar-refractivity contribution in [1.82, 2.24) is 4.57 Å². The Morgan fingerprint density at radius 1 is 1.28 bits per heavy atom. The highest BCUT2D eigenvalue weighted by molar-refractivity contribution is 5.57. The van der Waals surface area contributed by atoms with Crippen LogP contribution < -0.4 is 5.56 Å². The van der Waals surface area contributed by atoms with Crippen molar-refractivity contribution in [3.8, 4) is 11.9 Å². The third kappa shape index (κ3) is 3.75. The fraction of sp³-hybridized carbons (Fsp3) is 0.333.